The van der Waals surface area contributed by atoms with Gasteiger partial charge >= 0.3 is 0 Å². The average Bonchev–Trinajstić information content (AvgIpc) is 3.54. The Balaban J connectivity index is 1.17. The van der Waals surface area contributed by atoms with Gasteiger partial charge in [0.1, 0.15) is 28.8 Å². The minimum atomic E-state index is 0.0290. The molecule has 5 heteroatoms. The summed E-state index contributed by atoms with van der Waals surface area (Å²) in [7, 11) is 0. The van der Waals surface area contributed by atoms with Gasteiger partial charge in [0.15, 0.2) is 0 Å². The SMILES string of the molecule is c1ccc2c(c1)Oc1cc(-c3nc4ccccc4n3-c3ccc4c5ccccc5c5ccccc5c4c3)cc3c1B2c1ccccc1O3. The summed E-state index contributed by atoms with van der Waals surface area (Å²) in [4.78, 5) is 5.25. The molecule has 222 valence electrons. The molecule has 0 N–H and O–H groups in total. The van der Waals surface area contributed by atoms with Crippen molar-refractivity contribution in [1.29, 1.82) is 0 Å². The Labute approximate surface area is 276 Å². The van der Waals surface area contributed by atoms with Crippen LogP contribution in [0, 0.1) is 0 Å². The Morgan fingerprint density at radius 1 is 0.458 bits per heavy atom. The predicted octanol–water partition coefficient (Wildman–Crippen LogP) is 8.88. The molecule has 0 amide bonds. The van der Waals surface area contributed by atoms with Crippen LogP contribution >= 0.6 is 0 Å². The van der Waals surface area contributed by atoms with Crippen molar-refractivity contribution in [1.82, 2.24) is 9.55 Å². The number of rotatable bonds is 2. The van der Waals surface area contributed by atoms with Gasteiger partial charge < -0.3 is 9.47 Å². The van der Waals surface area contributed by atoms with Crippen LogP contribution in [0.5, 0.6) is 23.0 Å². The molecule has 0 unspecified atom stereocenters. The van der Waals surface area contributed by atoms with Gasteiger partial charge in [0.2, 0.25) is 0 Å². The van der Waals surface area contributed by atoms with E-state index in [0.29, 0.717) is 0 Å². The molecule has 0 spiro atoms. The molecular formula is C43H25BN2O2. The van der Waals surface area contributed by atoms with Crippen molar-refractivity contribution in [2.24, 2.45) is 0 Å². The van der Waals surface area contributed by atoms with E-state index in [9.17, 15) is 0 Å². The van der Waals surface area contributed by atoms with E-state index >= 15 is 0 Å². The minimum absolute atomic E-state index is 0.0290. The fourth-order valence-corrected chi connectivity index (χ4v) is 8.04. The average molecular weight is 612 g/mol. The molecule has 2 aliphatic rings. The second-order valence-corrected chi connectivity index (χ2v) is 12.7. The molecule has 0 atom stereocenters. The van der Waals surface area contributed by atoms with Gasteiger partial charge in [0.05, 0.1) is 11.0 Å². The molecule has 8 aromatic carbocycles. The molecule has 0 radical (unpaired) electrons. The van der Waals surface area contributed by atoms with E-state index in [2.05, 4.69) is 138 Å². The number of fused-ring (bicyclic) bond motifs is 11. The van der Waals surface area contributed by atoms with E-state index in [0.717, 1.165) is 67.5 Å². The van der Waals surface area contributed by atoms with Gasteiger partial charge in [0.25, 0.3) is 6.71 Å². The highest BCUT2D eigenvalue weighted by Crippen LogP contribution is 2.41. The van der Waals surface area contributed by atoms with Crippen molar-refractivity contribution < 1.29 is 9.47 Å². The Hall–Kier alpha value is -6.33. The number of ether oxygens (including phenoxy) is 2. The van der Waals surface area contributed by atoms with Crippen LogP contribution in [0.1, 0.15) is 0 Å². The Kier molecular flexibility index (Phi) is 5.16. The molecule has 0 saturated carbocycles. The lowest BCUT2D eigenvalue weighted by Crippen LogP contribution is -2.57. The lowest BCUT2D eigenvalue weighted by atomic mass is 9.35. The van der Waals surface area contributed by atoms with Crippen molar-refractivity contribution in [2.75, 3.05) is 0 Å². The number of imidazole rings is 1. The van der Waals surface area contributed by atoms with Gasteiger partial charge in [-0.1, -0.05) is 103 Å². The first kappa shape index (κ1) is 25.8. The minimum Gasteiger partial charge on any atom is -0.458 e. The third-order valence-corrected chi connectivity index (χ3v) is 10.1. The van der Waals surface area contributed by atoms with Crippen molar-refractivity contribution in [3.05, 3.63) is 152 Å². The van der Waals surface area contributed by atoms with E-state index < -0.39 is 0 Å². The van der Waals surface area contributed by atoms with E-state index in [4.69, 9.17) is 14.5 Å². The molecule has 4 nitrogen and oxygen atoms in total. The largest absolute Gasteiger partial charge is 0.458 e. The van der Waals surface area contributed by atoms with Crippen LogP contribution in [0.4, 0.5) is 0 Å². The van der Waals surface area contributed by atoms with E-state index in [1.54, 1.807) is 0 Å². The van der Waals surface area contributed by atoms with Crippen LogP contribution in [-0.2, 0) is 0 Å². The maximum atomic E-state index is 6.65. The number of hydrogen-bond donors (Lipinski definition) is 0. The summed E-state index contributed by atoms with van der Waals surface area (Å²) in [6, 6.07) is 53.5. The van der Waals surface area contributed by atoms with Crippen molar-refractivity contribution in [3.63, 3.8) is 0 Å². The number of nitrogens with zero attached hydrogens (tertiary/aromatic N) is 2. The number of para-hydroxylation sites is 4. The van der Waals surface area contributed by atoms with Gasteiger partial charge in [-0.05, 0) is 91.8 Å². The molecule has 11 rings (SSSR count). The summed E-state index contributed by atoms with van der Waals surface area (Å²) in [6.07, 6.45) is 0. The quantitative estimate of drug-likeness (QED) is 0.145. The number of hydrogen-bond acceptors (Lipinski definition) is 3. The molecule has 0 bridgehead atoms. The maximum Gasteiger partial charge on any atom is 0.260 e. The van der Waals surface area contributed by atoms with E-state index in [-0.39, 0.29) is 6.71 Å². The number of benzene rings is 8. The standard InChI is InChI=1S/C43H25BN2O2/c1-2-13-30-28(11-1)29-12-3-4-14-31(29)33-25-27(21-22-32(30)33)46-37-18-8-7-17-36(37)45-43(46)26-23-40-42-41(24-26)48-39-20-10-6-16-35(39)44(42)34-15-5-9-19-38(34)47-40/h1-25H. The molecular weight excluding hydrogens is 587 g/mol. The van der Waals surface area contributed by atoms with Crippen LogP contribution in [0.3, 0.4) is 0 Å². The van der Waals surface area contributed by atoms with Crippen LogP contribution < -0.4 is 25.9 Å². The normalized spacial score (nSPS) is 12.9. The smallest absolute Gasteiger partial charge is 0.260 e. The summed E-state index contributed by atoms with van der Waals surface area (Å²) >= 11 is 0. The zero-order valence-electron chi connectivity index (χ0n) is 25.7. The van der Waals surface area contributed by atoms with Gasteiger partial charge in [0, 0.05) is 16.7 Å². The van der Waals surface area contributed by atoms with Crippen molar-refractivity contribution in [3.8, 4) is 40.1 Å². The van der Waals surface area contributed by atoms with Gasteiger partial charge in [-0.3, -0.25) is 4.57 Å². The second kappa shape index (κ2) is 9.60. The monoisotopic (exact) mass is 612 g/mol. The van der Waals surface area contributed by atoms with E-state index in [1.807, 2.05) is 18.2 Å². The Morgan fingerprint density at radius 2 is 0.979 bits per heavy atom. The zero-order chi connectivity index (χ0) is 31.3. The van der Waals surface area contributed by atoms with Crippen molar-refractivity contribution >= 4 is 66.5 Å². The van der Waals surface area contributed by atoms with Crippen LogP contribution in [0.25, 0.3) is 60.4 Å². The predicted molar refractivity (Wildman–Crippen MR) is 197 cm³/mol. The topological polar surface area (TPSA) is 36.3 Å². The third kappa shape index (κ3) is 3.53. The highest BCUT2D eigenvalue weighted by Gasteiger charge is 2.40. The maximum absolute atomic E-state index is 6.65. The summed E-state index contributed by atoms with van der Waals surface area (Å²) in [6.45, 7) is 0.0290. The second-order valence-electron chi connectivity index (χ2n) is 12.7. The Morgan fingerprint density at radius 3 is 1.62 bits per heavy atom. The van der Waals surface area contributed by atoms with Crippen LogP contribution in [0.15, 0.2) is 152 Å². The van der Waals surface area contributed by atoms with Crippen LogP contribution in [-0.4, -0.2) is 16.3 Å². The Bertz CT molecular complexity index is 2710. The highest BCUT2D eigenvalue weighted by molar-refractivity contribution is 6.98. The first-order chi connectivity index (χ1) is 23.8. The summed E-state index contributed by atoms with van der Waals surface area (Å²) in [5.74, 6) is 4.18. The van der Waals surface area contributed by atoms with Gasteiger partial charge in [-0.15, -0.1) is 0 Å². The molecule has 0 aliphatic carbocycles. The molecule has 0 fully saturated rings. The third-order valence-electron chi connectivity index (χ3n) is 10.1. The number of aromatic nitrogens is 2. The summed E-state index contributed by atoms with van der Waals surface area (Å²) < 4.78 is 15.6. The highest BCUT2D eigenvalue weighted by atomic mass is 16.5. The van der Waals surface area contributed by atoms with Gasteiger partial charge in [-0.2, -0.15) is 0 Å². The molecule has 2 aliphatic heterocycles. The summed E-state index contributed by atoms with van der Waals surface area (Å²) in [5, 5.41) is 7.48. The first-order valence-electron chi connectivity index (χ1n) is 16.3. The molecule has 1 aromatic heterocycles. The molecule has 48 heavy (non-hydrogen) atoms. The summed E-state index contributed by atoms with van der Waals surface area (Å²) in [5.41, 5.74) is 7.31. The fraction of sp³-hybridized carbons (Fsp3) is 0. The first-order valence-corrected chi connectivity index (χ1v) is 16.3. The fourth-order valence-electron chi connectivity index (χ4n) is 8.04. The molecule has 3 heterocycles. The van der Waals surface area contributed by atoms with E-state index in [1.165, 1.54) is 32.3 Å². The lowest BCUT2D eigenvalue weighted by molar-refractivity contribution is 0.465. The van der Waals surface area contributed by atoms with Crippen LogP contribution in [0.2, 0.25) is 0 Å². The van der Waals surface area contributed by atoms with Crippen molar-refractivity contribution in [2.45, 2.75) is 0 Å². The molecule has 9 aromatic rings. The van der Waals surface area contributed by atoms with Gasteiger partial charge in [-0.25, -0.2) is 4.98 Å². The molecule has 0 saturated heterocycles. The lowest BCUT2D eigenvalue weighted by Gasteiger charge is -2.33. The zero-order valence-corrected chi connectivity index (χ0v) is 25.7.